The summed E-state index contributed by atoms with van der Waals surface area (Å²) < 4.78 is 16.0. The van der Waals surface area contributed by atoms with Gasteiger partial charge in [-0.15, -0.1) is 0 Å². The van der Waals surface area contributed by atoms with Crippen molar-refractivity contribution in [1.82, 2.24) is 9.47 Å². The Labute approximate surface area is 193 Å². The molecule has 6 rings (SSSR count). The molecule has 1 fully saturated rings. The molecule has 1 aliphatic carbocycles. The average Bonchev–Trinajstić information content (AvgIpc) is 3.31. The van der Waals surface area contributed by atoms with Gasteiger partial charge in [-0.05, 0) is 60.4 Å². The lowest BCUT2D eigenvalue weighted by molar-refractivity contribution is 0.0613. The number of para-hydroxylation sites is 1. The Balaban J connectivity index is 1.65. The minimum atomic E-state index is -0.246. The standard InChI is InChI=1S/C29H27FN2O/c1-31-25-14-8-7-13-24(25)26(27(31)19-15-17-20(30)18-16-19)28-22-11-5-6-12-23(22)29(33)32(28)21-9-3-2-4-10-21/h5-8,11-18,21,28H,2-4,9-10H2,1H3. The van der Waals surface area contributed by atoms with Crippen molar-refractivity contribution in [2.45, 2.75) is 44.2 Å². The zero-order valence-electron chi connectivity index (χ0n) is 18.8. The van der Waals surface area contributed by atoms with E-state index >= 15 is 0 Å². The summed E-state index contributed by atoms with van der Waals surface area (Å²) in [6.07, 6.45) is 5.67. The Morgan fingerprint density at radius 2 is 1.55 bits per heavy atom. The molecule has 33 heavy (non-hydrogen) atoms. The largest absolute Gasteiger partial charge is 0.343 e. The van der Waals surface area contributed by atoms with Crippen molar-refractivity contribution in [3.63, 3.8) is 0 Å². The van der Waals surface area contributed by atoms with E-state index in [1.54, 1.807) is 0 Å². The highest BCUT2D eigenvalue weighted by Gasteiger charge is 2.43. The number of carbonyl (C=O) groups is 1. The number of amides is 1. The lowest BCUT2D eigenvalue weighted by Gasteiger charge is -2.36. The number of aryl methyl sites for hydroxylation is 1. The Morgan fingerprint density at radius 1 is 0.848 bits per heavy atom. The van der Waals surface area contributed by atoms with Gasteiger partial charge < -0.3 is 9.47 Å². The Kier molecular flexibility index (Phi) is 4.83. The van der Waals surface area contributed by atoms with Crippen molar-refractivity contribution in [2.75, 3.05) is 0 Å². The zero-order chi connectivity index (χ0) is 22.5. The van der Waals surface area contributed by atoms with Crippen molar-refractivity contribution in [3.8, 4) is 11.3 Å². The number of hydrogen-bond acceptors (Lipinski definition) is 1. The van der Waals surface area contributed by atoms with Crippen LogP contribution in [0.4, 0.5) is 4.39 Å². The van der Waals surface area contributed by atoms with Crippen molar-refractivity contribution in [1.29, 1.82) is 0 Å². The predicted molar refractivity (Wildman–Crippen MR) is 130 cm³/mol. The first-order valence-corrected chi connectivity index (χ1v) is 11.9. The normalized spacial score (nSPS) is 18.8. The molecule has 0 spiro atoms. The number of nitrogens with zero attached hydrogens (tertiary/aromatic N) is 2. The molecule has 1 atom stereocenters. The summed E-state index contributed by atoms with van der Waals surface area (Å²) in [7, 11) is 2.07. The molecule has 1 aliphatic heterocycles. The number of fused-ring (bicyclic) bond motifs is 2. The number of rotatable bonds is 3. The first-order chi connectivity index (χ1) is 16.1. The molecule has 4 heteroatoms. The van der Waals surface area contributed by atoms with Gasteiger partial charge in [-0.2, -0.15) is 0 Å². The number of halogens is 1. The zero-order valence-corrected chi connectivity index (χ0v) is 18.8. The Morgan fingerprint density at radius 3 is 2.33 bits per heavy atom. The van der Waals surface area contributed by atoms with E-state index < -0.39 is 0 Å². The van der Waals surface area contributed by atoms with Gasteiger partial charge in [0.1, 0.15) is 5.82 Å². The fourth-order valence-electron chi connectivity index (χ4n) is 6.02. The maximum atomic E-state index is 13.8. The minimum Gasteiger partial charge on any atom is -0.343 e. The highest BCUT2D eigenvalue weighted by atomic mass is 19.1. The van der Waals surface area contributed by atoms with Crippen LogP contribution in [0.2, 0.25) is 0 Å². The van der Waals surface area contributed by atoms with Crippen LogP contribution >= 0.6 is 0 Å². The summed E-state index contributed by atoms with van der Waals surface area (Å²) in [5, 5.41) is 1.15. The van der Waals surface area contributed by atoms with E-state index in [4.69, 9.17) is 0 Å². The molecule has 1 aromatic heterocycles. The van der Waals surface area contributed by atoms with Gasteiger partial charge in [0.2, 0.25) is 0 Å². The molecule has 0 N–H and O–H groups in total. The summed E-state index contributed by atoms with van der Waals surface area (Å²) in [6, 6.07) is 23.3. The molecule has 4 aromatic rings. The van der Waals surface area contributed by atoms with E-state index in [1.165, 1.54) is 18.6 Å². The van der Waals surface area contributed by atoms with Crippen molar-refractivity contribution < 1.29 is 9.18 Å². The number of carbonyl (C=O) groups excluding carboxylic acids is 1. The Hall–Kier alpha value is -3.40. The van der Waals surface area contributed by atoms with Crippen LogP contribution in [-0.2, 0) is 7.05 Å². The quantitative estimate of drug-likeness (QED) is 0.343. The molecule has 3 aromatic carbocycles. The van der Waals surface area contributed by atoms with Gasteiger partial charge >= 0.3 is 0 Å². The molecule has 1 amide bonds. The lowest BCUT2D eigenvalue weighted by atomic mass is 9.89. The van der Waals surface area contributed by atoms with E-state index in [0.717, 1.165) is 64.5 Å². The van der Waals surface area contributed by atoms with Crippen LogP contribution in [0.1, 0.15) is 59.6 Å². The van der Waals surface area contributed by atoms with Crippen molar-refractivity contribution in [2.24, 2.45) is 7.05 Å². The monoisotopic (exact) mass is 438 g/mol. The van der Waals surface area contributed by atoms with E-state index in [9.17, 15) is 9.18 Å². The fraction of sp³-hybridized carbons (Fsp3) is 0.276. The highest BCUT2D eigenvalue weighted by Crippen LogP contribution is 2.48. The van der Waals surface area contributed by atoms with Gasteiger partial charge in [-0.25, -0.2) is 4.39 Å². The first kappa shape index (κ1) is 20.2. The topological polar surface area (TPSA) is 25.2 Å². The van der Waals surface area contributed by atoms with Crippen molar-refractivity contribution in [3.05, 3.63) is 95.3 Å². The molecular formula is C29H27FN2O. The van der Waals surface area contributed by atoms with Crippen LogP contribution in [0.25, 0.3) is 22.2 Å². The Bertz CT molecular complexity index is 1350. The van der Waals surface area contributed by atoms with Gasteiger partial charge in [0, 0.05) is 35.1 Å². The third kappa shape index (κ3) is 3.12. The van der Waals surface area contributed by atoms with Crippen LogP contribution in [0.15, 0.2) is 72.8 Å². The SMILES string of the molecule is Cn1c(-c2ccc(F)cc2)c(C2c3ccccc3C(=O)N2C2CCCCC2)c2ccccc21. The van der Waals surface area contributed by atoms with Crippen LogP contribution < -0.4 is 0 Å². The van der Waals surface area contributed by atoms with E-state index in [0.29, 0.717) is 0 Å². The molecule has 0 bridgehead atoms. The van der Waals surface area contributed by atoms with Gasteiger partial charge in [-0.3, -0.25) is 4.79 Å². The number of aromatic nitrogens is 1. The molecule has 2 heterocycles. The second-order valence-corrected chi connectivity index (χ2v) is 9.34. The maximum Gasteiger partial charge on any atom is 0.255 e. The summed E-state index contributed by atoms with van der Waals surface area (Å²) in [6.45, 7) is 0. The average molecular weight is 439 g/mol. The van der Waals surface area contributed by atoms with Gasteiger partial charge in [0.15, 0.2) is 0 Å². The van der Waals surface area contributed by atoms with E-state index in [1.807, 2.05) is 36.4 Å². The molecule has 0 radical (unpaired) electrons. The molecule has 2 aliphatic rings. The third-order valence-electron chi connectivity index (χ3n) is 7.50. The summed E-state index contributed by atoms with van der Waals surface area (Å²) in [5.41, 5.74) is 6.16. The highest BCUT2D eigenvalue weighted by molar-refractivity contribution is 6.02. The molecule has 3 nitrogen and oxygen atoms in total. The summed E-state index contributed by atoms with van der Waals surface area (Å²) in [5.74, 6) is -0.107. The summed E-state index contributed by atoms with van der Waals surface area (Å²) >= 11 is 0. The number of benzene rings is 3. The van der Waals surface area contributed by atoms with Gasteiger partial charge in [0.25, 0.3) is 5.91 Å². The predicted octanol–water partition coefficient (Wildman–Crippen LogP) is 6.86. The smallest absolute Gasteiger partial charge is 0.255 e. The van der Waals surface area contributed by atoms with Crippen LogP contribution in [0.5, 0.6) is 0 Å². The summed E-state index contributed by atoms with van der Waals surface area (Å²) in [4.78, 5) is 15.9. The van der Waals surface area contributed by atoms with Crippen LogP contribution in [0, 0.1) is 5.82 Å². The van der Waals surface area contributed by atoms with Crippen LogP contribution in [-0.4, -0.2) is 21.4 Å². The fourth-order valence-corrected chi connectivity index (χ4v) is 6.02. The second-order valence-electron chi connectivity index (χ2n) is 9.34. The van der Waals surface area contributed by atoms with E-state index in [2.05, 4.69) is 40.8 Å². The van der Waals surface area contributed by atoms with Gasteiger partial charge in [0.05, 0.1) is 11.7 Å². The first-order valence-electron chi connectivity index (χ1n) is 11.9. The molecular weight excluding hydrogens is 411 g/mol. The molecule has 1 unspecified atom stereocenters. The third-order valence-corrected chi connectivity index (χ3v) is 7.50. The van der Waals surface area contributed by atoms with Gasteiger partial charge in [-0.1, -0.05) is 55.7 Å². The molecule has 0 saturated heterocycles. The second kappa shape index (κ2) is 7.87. The van der Waals surface area contributed by atoms with Crippen molar-refractivity contribution >= 4 is 16.8 Å². The minimum absolute atomic E-state index is 0.139. The molecule has 1 saturated carbocycles. The van der Waals surface area contributed by atoms with Crippen LogP contribution in [0.3, 0.4) is 0 Å². The maximum absolute atomic E-state index is 13.8. The van der Waals surface area contributed by atoms with E-state index in [-0.39, 0.29) is 23.8 Å². The molecule has 166 valence electrons. The number of hydrogen-bond donors (Lipinski definition) is 0. The lowest BCUT2D eigenvalue weighted by Crippen LogP contribution is -2.40.